The second-order valence-corrected chi connectivity index (χ2v) is 4.07. The summed E-state index contributed by atoms with van der Waals surface area (Å²) in [5.41, 5.74) is 1.20. The van der Waals surface area contributed by atoms with E-state index in [2.05, 4.69) is 19.9 Å². The predicted molar refractivity (Wildman–Crippen MR) is 62.3 cm³/mol. The van der Waals surface area contributed by atoms with Gasteiger partial charge in [-0.3, -0.25) is 0 Å². The Hall–Kier alpha value is -1.02. The number of ether oxygens (including phenoxy) is 1. The molecule has 15 heavy (non-hydrogen) atoms. The third-order valence-corrected chi connectivity index (χ3v) is 2.44. The zero-order chi connectivity index (χ0) is 11.3. The maximum Gasteiger partial charge on any atom is 0.122 e. The summed E-state index contributed by atoms with van der Waals surface area (Å²) >= 11 is 0. The van der Waals surface area contributed by atoms with Crippen LogP contribution in [-0.4, -0.2) is 17.8 Å². The van der Waals surface area contributed by atoms with E-state index in [0.29, 0.717) is 12.5 Å². The molecule has 0 aliphatic rings. The van der Waals surface area contributed by atoms with Crippen LogP contribution in [0.5, 0.6) is 5.75 Å². The molecule has 0 bridgehead atoms. The van der Waals surface area contributed by atoms with Crippen LogP contribution < -0.4 is 4.74 Å². The fraction of sp³-hybridized carbons (Fsp3) is 0.538. The molecule has 0 aliphatic heterocycles. The Balaban J connectivity index is 2.67. The summed E-state index contributed by atoms with van der Waals surface area (Å²) in [6, 6.07) is 7.99. The van der Waals surface area contributed by atoms with Crippen molar-refractivity contribution in [3.05, 3.63) is 29.8 Å². The smallest absolute Gasteiger partial charge is 0.122 e. The van der Waals surface area contributed by atoms with Crippen LogP contribution in [0.15, 0.2) is 24.3 Å². The number of hydrogen-bond acceptors (Lipinski definition) is 2. The summed E-state index contributed by atoms with van der Waals surface area (Å²) in [5.74, 6) is 1.33. The number of benzene rings is 1. The first-order valence-corrected chi connectivity index (χ1v) is 5.55. The fourth-order valence-electron chi connectivity index (χ4n) is 1.39. The second kappa shape index (κ2) is 5.76. The predicted octanol–water partition coefficient (Wildman–Crippen LogP) is 2.96. The van der Waals surface area contributed by atoms with Crippen LogP contribution in [0.25, 0.3) is 0 Å². The van der Waals surface area contributed by atoms with Crippen molar-refractivity contribution in [2.75, 3.05) is 6.61 Å². The molecule has 1 atom stereocenters. The summed E-state index contributed by atoms with van der Waals surface area (Å²) in [6.45, 7) is 6.60. The van der Waals surface area contributed by atoms with Gasteiger partial charge in [0.1, 0.15) is 12.4 Å². The van der Waals surface area contributed by atoms with Crippen molar-refractivity contribution < 1.29 is 9.84 Å². The Labute approximate surface area is 91.9 Å². The van der Waals surface area contributed by atoms with Gasteiger partial charge in [0.05, 0.1) is 6.10 Å². The average molecular weight is 208 g/mol. The van der Waals surface area contributed by atoms with Crippen LogP contribution in [0, 0.1) is 0 Å². The topological polar surface area (TPSA) is 29.5 Å². The Morgan fingerprint density at radius 1 is 1.27 bits per heavy atom. The van der Waals surface area contributed by atoms with Gasteiger partial charge in [-0.1, -0.05) is 39.0 Å². The molecule has 84 valence electrons. The van der Waals surface area contributed by atoms with Gasteiger partial charge < -0.3 is 9.84 Å². The quantitative estimate of drug-likeness (QED) is 0.806. The summed E-state index contributed by atoms with van der Waals surface area (Å²) in [7, 11) is 0. The molecule has 0 spiro atoms. The van der Waals surface area contributed by atoms with Gasteiger partial charge in [0.25, 0.3) is 0 Å². The zero-order valence-electron chi connectivity index (χ0n) is 9.73. The molecular formula is C13H20O2. The molecule has 0 amide bonds. The van der Waals surface area contributed by atoms with Crippen LogP contribution in [0.1, 0.15) is 38.7 Å². The van der Waals surface area contributed by atoms with Crippen LogP contribution in [0.2, 0.25) is 0 Å². The van der Waals surface area contributed by atoms with Crippen molar-refractivity contribution in [3.8, 4) is 5.75 Å². The van der Waals surface area contributed by atoms with Crippen LogP contribution >= 0.6 is 0 Å². The van der Waals surface area contributed by atoms with Crippen molar-refractivity contribution in [1.29, 1.82) is 0 Å². The molecule has 0 aromatic heterocycles. The first-order valence-electron chi connectivity index (χ1n) is 5.55. The molecule has 0 saturated carbocycles. The van der Waals surface area contributed by atoms with Crippen molar-refractivity contribution in [3.63, 3.8) is 0 Å². The SMILES string of the molecule is CC[C@@H](O)COc1ccccc1C(C)C. The third-order valence-electron chi connectivity index (χ3n) is 2.44. The first kappa shape index (κ1) is 12.1. The number of aliphatic hydroxyl groups is 1. The molecule has 1 aromatic carbocycles. The summed E-state index contributed by atoms with van der Waals surface area (Å²) in [5, 5.41) is 9.42. The second-order valence-electron chi connectivity index (χ2n) is 4.07. The maximum atomic E-state index is 9.42. The third kappa shape index (κ3) is 3.56. The fourth-order valence-corrected chi connectivity index (χ4v) is 1.39. The van der Waals surface area contributed by atoms with E-state index in [1.165, 1.54) is 5.56 Å². The molecule has 0 fully saturated rings. The first-order chi connectivity index (χ1) is 7.15. The lowest BCUT2D eigenvalue weighted by molar-refractivity contribution is 0.104. The highest BCUT2D eigenvalue weighted by molar-refractivity contribution is 5.35. The number of hydrogen-bond donors (Lipinski definition) is 1. The Kier molecular flexibility index (Phi) is 4.63. The molecule has 2 heteroatoms. The minimum atomic E-state index is -0.370. The minimum Gasteiger partial charge on any atom is -0.491 e. The molecule has 0 aliphatic carbocycles. The highest BCUT2D eigenvalue weighted by atomic mass is 16.5. The van der Waals surface area contributed by atoms with Gasteiger partial charge in [-0.15, -0.1) is 0 Å². The number of para-hydroxylation sites is 1. The van der Waals surface area contributed by atoms with E-state index in [1.54, 1.807) is 0 Å². The Bertz CT molecular complexity index is 294. The van der Waals surface area contributed by atoms with Crippen LogP contribution in [-0.2, 0) is 0 Å². The summed E-state index contributed by atoms with van der Waals surface area (Å²) in [4.78, 5) is 0. The molecule has 0 heterocycles. The molecular weight excluding hydrogens is 188 g/mol. The highest BCUT2D eigenvalue weighted by Crippen LogP contribution is 2.25. The highest BCUT2D eigenvalue weighted by Gasteiger charge is 2.08. The Morgan fingerprint density at radius 3 is 2.53 bits per heavy atom. The van der Waals surface area contributed by atoms with Crippen molar-refractivity contribution in [2.45, 2.75) is 39.2 Å². The van der Waals surface area contributed by atoms with E-state index in [0.717, 1.165) is 12.2 Å². The van der Waals surface area contributed by atoms with E-state index in [1.807, 2.05) is 25.1 Å². The van der Waals surface area contributed by atoms with E-state index < -0.39 is 0 Å². The van der Waals surface area contributed by atoms with E-state index in [-0.39, 0.29) is 6.10 Å². The van der Waals surface area contributed by atoms with Gasteiger partial charge >= 0.3 is 0 Å². The van der Waals surface area contributed by atoms with Gasteiger partial charge in [-0.25, -0.2) is 0 Å². The van der Waals surface area contributed by atoms with E-state index in [9.17, 15) is 5.11 Å². The van der Waals surface area contributed by atoms with Crippen molar-refractivity contribution in [2.24, 2.45) is 0 Å². The van der Waals surface area contributed by atoms with E-state index in [4.69, 9.17) is 4.74 Å². The Morgan fingerprint density at radius 2 is 1.93 bits per heavy atom. The zero-order valence-corrected chi connectivity index (χ0v) is 9.73. The molecule has 2 nitrogen and oxygen atoms in total. The van der Waals surface area contributed by atoms with Gasteiger partial charge in [0, 0.05) is 0 Å². The molecule has 1 aromatic rings. The lowest BCUT2D eigenvalue weighted by atomic mass is 10.0. The van der Waals surface area contributed by atoms with Crippen molar-refractivity contribution in [1.82, 2.24) is 0 Å². The maximum absolute atomic E-state index is 9.42. The van der Waals surface area contributed by atoms with Gasteiger partial charge in [-0.2, -0.15) is 0 Å². The standard InChI is InChI=1S/C13H20O2/c1-4-11(14)9-15-13-8-6-5-7-12(13)10(2)3/h5-8,10-11,14H,4,9H2,1-3H3/t11-/m1/s1. The molecule has 1 rings (SSSR count). The number of aliphatic hydroxyl groups excluding tert-OH is 1. The lowest BCUT2D eigenvalue weighted by Crippen LogP contribution is -2.16. The summed E-state index contributed by atoms with van der Waals surface area (Å²) in [6.07, 6.45) is 0.356. The van der Waals surface area contributed by atoms with Crippen LogP contribution in [0.4, 0.5) is 0 Å². The van der Waals surface area contributed by atoms with Gasteiger partial charge in [0.15, 0.2) is 0 Å². The normalized spacial score (nSPS) is 12.9. The molecule has 0 radical (unpaired) electrons. The largest absolute Gasteiger partial charge is 0.491 e. The number of rotatable bonds is 5. The summed E-state index contributed by atoms with van der Waals surface area (Å²) < 4.78 is 5.60. The minimum absolute atomic E-state index is 0.370. The molecule has 1 N–H and O–H groups in total. The van der Waals surface area contributed by atoms with Crippen LogP contribution in [0.3, 0.4) is 0 Å². The molecule has 0 saturated heterocycles. The molecule has 0 unspecified atom stereocenters. The average Bonchev–Trinajstić information content (AvgIpc) is 2.26. The van der Waals surface area contributed by atoms with E-state index >= 15 is 0 Å². The lowest BCUT2D eigenvalue weighted by Gasteiger charge is -2.15. The monoisotopic (exact) mass is 208 g/mol. The van der Waals surface area contributed by atoms with Gasteiger partial charge in [-0.05, 0) is 24.0 Å². The van der Waals surface area contributed by atoms with Crippen molar-refractivity contribution >= 4 is 0 Å². The van der Waals surface area contributed by atoms with Gasteiger partial charge in [0.2, 0.25) is 0 Å².